The summed E-state index contributed by atoms with van der Waals surface area (Å²) in [5, 5.41) is 8.36. The largest absolute Gasteiger partial charge is 0.497 e. The maximum absolute atomic E-state index is 13.7. The van der Waals surface area contributed by atoms with Crippen LogP contribution in [0.25, 0.3) is 5.65 Å². The van der Waals surface area contributed by atoms with E-state index in [1.165, 1.54) is 32.4 Å². The molecule has 0 atom stereocenters. The molecular formula is C32H48N6O2. The van der Waals surface area contributed by atoms with E-state index in [0.29, 0.717) is 17.5 Å². The van der Waals surface area contributed by atoms with Crippen LogP contribution in [0.1, 0.15) is 82.3 Å². The van der Waals surface area contributed by atoms with Gasteiger partial charge in [0.15, 0.2) is 11.5 Å². The van der Waals surface area contributed by atoms with Crippen LogP contribution in [0.15, 0.2) is 36.5 Å². The fourth-order valence-electron chi connectivity index (χ4n) is 5.20. The molecule has 8 heteroatoms. The van der Waals surface area contributed by atoms with Gasteiger partial charge in [-0.15, -0.1) is 5.10 Å². The first-order valence-electron chi connectivity index (χ1n) is 15.1. The molecule has 8 nitrogen and oxygen atoms in total. The molecule has 0 unspecified atom stereocenters. The highest BCUT2D eigenvalue weighted by Gasteiger charge is 2.21. The number of aromatic nitrogens is 3. The van der Waals surface area contributed by atoms with Crippen LogP contribution >= 0.6 is 0 Å². The normalized spacial score (nSPS) is 14.3. The highest BCUT2D eigenvalue weighted by molar-refractivity contribution is 5.93. The summed E-state index contributed by atoms with van der Waals surface area (Å²) in [4.78, 5) is 23.2. The van der Waals surface area contributed by atoms with Gasteiger partial charge in [-0.05, 0) is 100 Å². The Bertz CT molecular complexity index is 1200. The van der Waals surface area contributed by atoms with Crippen molar-refractivity contribution in [2.24, 2.45) is 11.8 Å². The van der Waals surface area contributed by atoms with Crippen LogP contribution in [-0.2, 0) is 6.42 Å². The Balaban J connectivity index is 1.61. The molecule has 1 aromatic carbocycles. The molecule has 0 radical (unpaired) electrons. The average Bonchev–Trinajstić information content (AvgIpc) is 3.29. The van der Waals surface area contributed by atoms with Crippen molar-refractivity contribution in [3.05, 3.63) is 47.8 Å². The second kappa shape index (κ2) is 14.5. The first-order valence-corrected chi connectivity index (χ1v) is 15.1. The number of nitrogens with zero attached hydrogens (tertiary/aromatic N) is 5. The summed E-state index contributed by atoms with van der Waals surface area (Å²) in [5.41, 5.74) is 3.24. The minimum Gasteiger partial charge on any atom is -0.497 e. The Kier molecular flexibility index (Phi) is 10.8. The zero-order chi connectivity index (χ0) is 28.5. The molecular weight excluding hydrogens is 500 g/mol. The fourth-order valence-corrected chi connectivity index (χ4v) is 5.20. The molecule has 1 amide bonds. The van der Waals surface area contributed by atoms with Gasteiger partial charge < -0.3 is 19.9 Å². The number of benzene rings is 1. The van der Waals surface area contributed by atoms with Gasteiger partial charge in [-0.1, -0.05) is 34.1 Å². The summed E-state index contributed by atoms with van der Waals surface area (Å²) in [6, 6.07) is 9.67. The van der Waals surface area contributed by atoms with Crippen LogP contribution in [0.5, 0.6) is 5.75 Å². The molecule has 0 bridgehead atoms. The first kappa shape index (κ1) is 29.8. The van der Waals surface area contributed by atoms with Gasteiger partial charge in [0.25, 0.3) is 5.91 Å². The monoisotopic (exact) mass is 548 g/mol. The van der Waals surface area contributed by atoms with Crippen LogP contribution in [0.2, 0.25) is 0 Å². The lowest BCUT2D eigenvalue weighted by atomic mass is 10.1. The lowest BCUT2D eigenvalue weighted by Gasteiger charge is -2.26. The van der Waals surface area contributed by atoms with E-state index < -0.39 is 0 Å². The highest BCUT2D eigenvalue weighted by atomic mass is 16.5. The van der Waals surface area contributed by atoms with Crippen LogP contribution in [0.4, 0.5) is 11.5 Å². The van der Waals surface area contributed by atoms with Crippen molar-refractivity contribution in [3.63, 3.8) is 0 Å². The molecule has 0 saturated carbocycles. The molecule has 0 aliphatic carbocycles. The number of rotatable bonds is 14. The lowest BCUT2D eigenvalue weighted by Crippen LogP contribution is -2.34. The standard InChI is InChI=1S/C32H48N6O2/c1-24(2)15-21-37(22-16-25(3)4)32(39)29-17-23-38-31(34-29)28(10-9-20-36-18-7-6-8-19-36)30(35-38)33-26-11-13-27(40-5)14-12-26/h11-14,17,23-25H,6-10,15-16,18-22H2,1-5H3,(H,33,35). The lowest BCUT2D eigenvalue weighted by molar-refractivity contribution is 0.0735. The summed E-state index contributed by atoms with van der Waals surface area (Å²) < 4.78 is 7.13. The number of ether oxygens (including phenoxy) is 1. The van der Waals surface area contributed by atoms with Crippen molar-refractivity contribution in [3.8, 4) is 5.75 Å². The van der Waals surface area contributed by atoms with E-state index in [4.69, 9.17) is 14.8 Å². The predicted octanol–water partition coefficient (Wildman–Crippen LogP) is 6.43. The van der Waals surface area contributed by atoms with Gasteiger partial charge >= 0.3 is 0 Å². The van der Waals surface area contributed by atoms with Crippen molar-refractivity contribution < 1.29 is 9.53 Å². The summed E-state index contributed by atoms with van der Waals surface area (Å²) >= 11 is 0. The molecule has 4 rings (SSSR count). The molecule has 2 aromatic heterocycles. The average molecular weight is 549 g/mol. The van der Waals surface area contributed by atoms with Gasteiger partial charge in [-0.25, -0.2) is 9.50 Å². The summed E-state index contributed by atoms with van der Waals surface area (Å²) in [5.74, 6) is 2.69. The van der Waals surface area contributed by atoms with Gasteiger partial charge in [0, 0.05) is 30.5 Å². The van der Waals surface area contributed by atoms with Gasteiger partial charge in [-0.2, -0.15) is 0 Å². The van der Waals surface area contributed by atoms with Crippen molar-refractivity contribution in [1.29, 1.82) is 0 Å². The number of carbonyl (C=O) groups excluding carboxylic acids is 1. The maximum Gasteiger partial charge on any atom is 0.272 e. The van der Waals surface area contributed by atoms with E-state index in [1.807, 2.05) is 45.9 Å². The third-order valence-electron chi connectivity index (χ3n) is 7.74. The van der Waals surface area contributed by atoms with Crippen LogP contribution in [-0.4, -0.2) is 70.1 Å². The van der Waals surface area contributed by atoms with Crippen molar-refractivity contribution in [2.45, 2.75) is 72.6 Å². The van der Waals surface area contributed by atoms with E-state index in [2.05, 4.69) is 37.9 Å². The van der Waals surface area contributed by atoms with Gasteiger partial charge in [0.1, 0.15) is 11.4 Å². The third kappa shape index (κ3) is 8.19. The van der Waals surface area contributed by atoms with E-state index >= 15 is 0 Å². The Labute approximate surface area is 240 Å². The zero-order valence-electron chi connectivity index (χ0n) is 25.2. The Morgan fingerprint density at radius 2 is 1.68 bits per heavy atom. The molecule has 1 fully saturated rings. The highest BCUT2D eigenvalue weighted by Crippen LogP contribution is 2.26. The number of likely N-dealkylation sites (tertiary alicyclic amines) is 1. The van der Waals surface area contributed by atoms with Gasteiger partial charge in [0.2, 0.25) is 0 Å². The molecule has 1 N–H and O–H groups in total. The van der Waals surface area contributed by atoms with Crippen LogP contribution < -0.4 is 10.1 Å². The van der Waals surface area contributed by atoms with E-state index in [9.17, 15) is 4.79 Å². The Morgan fingerprint density at radius 1 is 1.00 bits per heavy atom. The second-order valence-corrected chi connectivity index (χ2v) is 11.9. The third-order valence-corrected chi connectivity index (χ3v) is 7.74. The van der Waals surface area contributed by atoms with Crippen LogP contribution in [0.3, 0.4) is 0 Å². The number of nitrogens with one attached hydrogen (secondary N) is 1. The maximum atomic E-state index is 13.7. The van der Waals surface area contributed by atoms with Gasteiger partial charge in [0.05, 0.1) is 7.11 Å². The molecule has 1 aliphatic heterocycles. The van der Waals surface area contributed by atoms with E-state index in [-0.39, 0.29) is 5.91 Å². The quantitative estimate of drug-likeness (QED) is 0.250. The number of aryl methyl sites for hydroxylation is 1. The van der Waals surface area contributed by atoms with Crippen molar-refractivity contribution in [1.82, 2.24) is 24.4 Å². The van der Waals surface area contributed by atoms with Crippen molar-refractivity contribution in [2.75, 3.05) is 45.2 Å². The van der Waals surface area contributed by atoms with E-state index in [1.54, 1.807) is 7.11 Å². The molecule has 40 heavy (non-hydrogen) atoms. The summed E-state index contributed by atoms with van der Waals surface area (Å²) in [7, 11) is 1.67. The number of hydrogen-bond acceptors (Lipinski definition) is 6. The summed E-state index contributed by atoms with van der Waals surface area (Å²) in [6.07, 6.45) is 9.63. The summed E-state index contributed by atoms with van der Waals surface area (Å²) in [6.45, 7) is 13.8. The zero-order valence-corrected chi connectivity index (χ0v) is 25.2. The molecule has 3 heterocycles. The number of carbonyl (C=O) groups is 1. The minimum atomic E-state index is 0.00827. The number of amides is 1. The fraction of sp³-hybridized carbons (Fsp3) is 0.594. The first-order chi connectivity index (χ1) is 19.3. The molecule has 3 aromatic rings. The number of anilines is 2. The number of hydrogen-bond donors (Lipinski definition) is 1. The molecule has 1 aliphatic rings. The van der Waals surface area contributed by atoms with Crippen LogP contribution in [0, 0.1) is 11.8 Å². The topological polar surface area (TPSA) is 75.0 Å². The smallest absolute Gasteiger partial charge is 0.272 e. The molecule has 218 valence electrons. The SMILES string of the molecule is COc1ccc(Nc2nn3ccc(C(=O)N(CCC(C)C)CCC(C)C)nc3c2CCCN2CCCCC2)cc1. The van der Waals surface area contributed by atoms with Gasteiger partial charge in [-0.3, -0.25) is 4.79 Å². The Hall–Kier alpha value is -3.13. The number of methoxy groups -OCH3 is 1. The van der Waals surface area contributed by atoms with E-state index in [0.717, 1.165) is 73.8 Å². The second-order valence-electron chi connectivity index (χ2n) is 11.9. The molecule has 0 spiro atoms. The number of fused-ring (bicyclic) bond motifs is 1. The minimum absolute atomic E-state index is 0.00827. The number of piperidine rings is 1. The Morgan fingerprint density at radius 3 is 2.30 bits per heavy atom. The molecule has 1 saturated heterocycles. The predicted molar refractivity (Wildman–Crippen MR) is 163 cm³/mol. The van der Waals surface area contributed by atoms with Crippen molar-refractivity contribution >= 4 is 23.1 Å².